The third-order valence-electron chi connectivity index (χ3n) is 3.03. The lowest BCUT2D eigenvalue weighted by Crippen LogP contribution is -2.34. The van der Waals surface area contributed by atoms with Crippen LogP contribution in [0.2, 0.25) is 0 Å². The Kier molecular flexibility index (Phi) is 3.87. The van der Waals surface area contributed by atoms with Crippen LogP contribution in [0.1, 0.15) is 31.2 Å². The molecule has 0 spiro atoms. The summed E-state index contributed by atoms with van der Waals surface area (Å²) in [5.41, 5.74) is 1.20. The topological polar surface area (TPSA) is 29.5 Å². The van der Waals surface area contributed by atoms with Gasteiger partial charge in [-0.1, -0.05) is 12.5 Å². The smallest absolute Gasteiger partial charge is 0.134 e. The van der Waals surface area contributed by atoms with Crippen LogP contribution < -0.4 is 4.74 Å². The van der Waals surface area contributed by atoms with Crippen LogP contribution in [0.5, 0.6) is 5.75 Å². The second-order valence-electron chi connectivity index (χ2n) is 4.44. The number of aliphatic hydroxyl groups is 1. The van der Waals surface area contributed by atoms with Crippen molar-refractivity contribution >= 4 is 15.9 Å². The lowest BCUT2D eigenvalue weighted by molar-refractivity contribution is 0.00648. The Balaban J connectivity index is 2.07. The molecule has 0 radical (unpaired) electrons. The SMILES string of the molecule is Cc1ccc(O[C@@H]2CCCC[C@H]2O)c(Br)c1. The van der Waals surface area contributed by atoms with Gasteiger partial charge in [-0.3, -0.25) is 0 Å². The largest absolute Gasteiger partial charge is 0.487 e. The third kappa shape index (κ3) is 2.77. The summed E-state index contributed by atoms with van der Waals surface area (Å²) in [5, 5.41) is 9.84. The van der Waals surface area contributed by atoms with Gasteiger partial charge in [0, 0.05) is 0 Å². The highest BCUT2D eigenvalue weighted by Gasteiger charge is 2.25. The maximum atomic E-state index is 9.84. The molecule has 0 aliphatic heterocycles. The summed E-state index contributed by atoms with van der Waals surface area (Å²) in [6.07, 6.45) is 3.69. The zero-order chi connectivity index (χ0) is 11.5. The van der Waals surface area contributed by atoms with Gasteiger partial charge < -0.3 is 9.84 Å². The summed E-state index contributed by atoms with van der Waals surface area (Å²) < 4.78 is 6.82. The Morgan fingerprint density at radius 3 is 2.75 bits per heavy atom. The molecule has 88 valence electrons. The quantitative estimate of drug-likeness (QED) is 0.902. The van der Waals surface area contributed by atoms with E-state index in [0.717, 1.165) is 35.9 Å². The number of ether oxygens (including phenoxy) is 1. The molecule has 3 heteroatoms. The lowest BCUT2D eigenvalue weighted by Gasteiger charge is -2.28. The van der Waals surface area contributed by atoms with Crippen molar-refractivity contribution in [3.05, 3.63) is 28.2 Å². The average molecular weight is 285 g/mol. The molecule has 2 rings (SSSR count). The van der Waals surface area contributed by atoms with E-state index in [0.29, 0.717) is 0 Å². The molecule has 0 unspecified atom stereocenters. The molecule has 16 heavy (non-hydrogen) atoms. The fourth-order valence-corrected chi connectivity index (χ4v) is 2.67. The molecule has 0 saturated heterocycles. The van der Waals surface area contributed by atoms with Gasteiger partial charge in [0.2, 0.25) is 0 Å². The molecule has 1 aliphatic rings. The maximum absolute atomic E-state index is 9.84. The minimum atomic E-state index is -0.318. The molecule has 1 N–H and O–H groups in total. The minimum Gasteiger partial charge on any atom is -0.487 e. The van der Waals surface area contributed by atoms with E-state index in [2.05, 4.69) is 15.9 Å². The van der Waals surface area contributed by atoms with Crippen LogP contribution >= 0.6 is 15.9 Å². The number of halogens is 1. The van der Waals surface area contributed by atoms with Crippen molar-refractivity contribution in [1.29, 1.82) is 0 Å². The van der Waals surface area contributed by atoms with Gasteiger partial charge in [0.25, 0.3) is 0 Å². The van der Waals surface area contributed by atoms with Crippen molar-refractivity contribution in [2.45, 2.75) is 44.8 Å². The summed E-state index contributed by atoms with van der Waals surface area (Å²) in [5.74, 6) is 0.830. The lowest BCUT2D eigenvalue weighted by atomic mass is 9.95. The van der Waals surface area contributed by atoms with Gasteiger partial charge >= 0.3 is 0 Å². The maximum Gasteiger partial charge on any atom is 0.134 e. The Labute approximate surface area is 105 Å². The van der Waals surface area contributed by atoms with Crippen LogP contribution in [0.3, 0.4) is 0 Å². The van der Waals surface area contributed by atoms with Gasteiger partial charge in [0.05, 0.1) is 10.6 Å². The molecule has 0 bridgehead atoms. The van der Waals surface area contributed by atoms with Gasteiger partial charge in [-0.05, 0) is 59.8 Å². The fourth-order valence-electron chi connectivity index (χ4n) is 2.08. The van der Waals surface area contributed by atoms with Crippen molar-refractivity contribution in [2.75, 3.05) is 0 Å². The number of benzene rings is 1. The molecular formula is C13H17BrO2. The molecule has 0 heterocycles. The van der Waals surface area contributed by atoms with Crippen LogP contribution in [0.4, 0.5) is 0 Å². The zero-order valence-electron chi connectivity index (χ0n) is 9.45. The van der Waals surface area contributed by atoms with Crippen LogP contribution in [0.25, 0.3) is 0 Å². The van der Waals surface area contributed by atoms with E-state index in [1.807, 2.05) is 25.1 Å². The van der Waals surface area contributed by atoms with Crippen molar-refractivity contribution in [2.24, 2.45) is 0 Å². The minimum absolute atomic E-state index is 0.0484. The first-order chi connectivity index (χ1) is 7.66. The molecule has 1 aromatic rings. The molecule has 1 saturated carbocycles. The van der Waals surface area contributed by atoms with E-state index in [-0.39, 0.29) is 12.2 Å². The van der Waals surface area contributed by atoms with Crippen molar-refractivity contribution < 1.29 is 9.84 Å². The van der Waals surface area contributed by atoms with E-state index >= 15 is 0 Å². The van der Waals surface area contributed by atoms with E-state index in [4.69, 9.17) is 4.74 Å². The monoisotopic (exact) mass is 284 g/mol. The number of aryl methyl sites for hydroxylation is 1. The highest BCUT2D eigenvalue weighted by Crippen LogP contribution is 2.30. The average Bonchev–Trinajstić information content (AvgIpc) is 2.25. The Bertz CT molecular complexity index is 365. The van der Waals surface area contributed by atoms with Gasteiger partial charge in [0.1, 0.15) is 11.9 Å². The molecule has 1 aromatic carbocycles. The third-order valence-corrected chi connectivity index (χ3v) is 3.65. The summed E-state index contributed by atoms with van der Waals surface area (Å²) in [6, 6.07) is 6.01. The van der Waals surface area contributed by atoms with E-state index in [1.54, 1.807) is 0 Å². The van der Waals surface area contributed by atoms with Crippen molar-refractivity contribution in [3.63, 3.8) is 0 Å². The number of aliphatic hydroxyl groups excluding tert-OH is 1. The zero-order valence-corrected chi connectivity index (χ0v) is 11.0. The first-order valence-corrected chi connectivity index (χ1v) is 6.57. The van der Waals surface area contributed by atoms with Gasteiger partial charge in [-0.15, -0.1) is 0 Å². The first-order valence-electron chi connectivity index (χ1n) is 5.77. The van der Waals surface area contributed by atoms with Crippen molar-refractivity contribution in [3.8, 4) is 5.75 Å². The van der Waals surface area contributed by atoms with Crippen LogP contribution in [-0.2, 0) is 0 Å². The number of rotatable bonds is 2. The highest BCUT2D eigenvalue weighted by molar-refractivity contribution is 9.10. The molecule has 0 amide bonds. The summed E-state index contributed by atoms with van der Waals surface area (Å²) in [4.78, 5) is 0. The summed E-state index contributed by atoms with van der Waals surface area (Å²) in [6.45, 7) is 2.05. The standard InChI is InChI=1S/C13H17BrO2/c1-9-6-7-12(10(14)8-9)16-13-5-3-2-4-11(13)15/h6-8,11,13,15H,2-5H2,1H3/t11-,13-/m1/s1. The van der Waals surface area contributed by atoms with Crippen LogP contribution in [-0.4, -0.2) is 17.3 Å². The molecule has 2 atom stereocenters. The second kappa shape index (κ2) is 5.19. The predicted octanol–water partition coefficient (Wildman–Crippen LogP) is 3.44. The summed E-state index contributed by atoms with van der Waals surface area (Å²) in [7, 11) is 0. The normalized spacial score (nSPS) is 25.4. The first kappa shape index (κ1) is 11.9. The highest BCUT2D eigenvalue weighted by atomic mass is 79.9. The Hall–Kier alpha value is -0.540. The second-order valence-corrected chi connectivity index (χ2v) is 5.30. The fraction of sp³-hybridized carbons (Fsp3) is 0.538. The number of hydrogen-bond donors (Lipinski definition) is 1. The number of hydrogen-bond acceptors (Lipinski definition) is 2. The van der Waals surface area contributed by atoms with Gasteiger partial charge in [-0.25, -0.2) is 0 Å². The molecule has 2 nitrogen and oxygen atoms in total. The molecule has 0 aromatic heterocycles. The van der Waals surface area contributed by atoms with E-state index in [1.165, 1.54) is 5.56 Å². The summed E-state index contributed by atoms with van der Waals surface area (Å²) >= 11 is 3.49. The van der Waals surface area contributed by atoms with Gasteiger partial charge in [-0.2, -0.15) is 0 Å². The molecular weight excluding hydrogens is 268 g/mol. The Morgan fingerprint density at radius 1 is 1.31 bits per heavy atom. The van der Waals surface area contributed by atoms with E-state index < -0.39 is 0 Å². The van der Waals surface area contributed by atoms with Crippen LogP contribution in [0, 0.1) is 6.92 Å². The molecule has 1 aliphatic carbocycles. The van der Waals surface area contributed by atoms with Crippen LogP contribution in [0.15, 0.2) is 22.7 Å². The molecule has 1 fully saturated rings. The van der Waals surface area contributed by atoms with Gasteiger partial charge in [0.15, 0.2) is 0 Å². The van der Waals surface area contributed by atoms with E-state index in [9.17, 15) is 5.11 Å². The predicted molar refractivity (Wildman–Crippen MR) is 67.8 cm³/mol. The van der Waals surface area contributed by atoms with Crippen molar-refractivity contribution in [1.82, 2.24) is 0 Å². The Morgan fingerprint density at radius 2 is 2.06 bits per heavy atom.